The maximum absolute atomic E-state index is 3.66. The predicted molar refractivity (Wildman–Crippen MR) is 69.7 cm³/mol. The van der Waals surface area contributed by atoms with Gasteiger partial charge >= 0.3 is 0 Å². The van der Waals surface area contributed by atoms with Crippen LogP contribution in [0.2, 0.25) is 0 Å². The zero-order valence-corrected chi connectivity index (χ0v) is 10.9. The topological polar surface area (TPSA) is 15.3 Å². The zero-order chi connectivity index (χ0) is 11.2. The molecule has 0 bridgehead atoms. The van der Waals surface area contributed by atoms with Crippen LogP contribution >= 0.6 is 0 Å². The minimum Gasteiger partial charge on any atom is -0.316 e. The zero-order valence-electron chi connectivity index (χ0n) is 10.9. The molecular weight excluding hydrogens is 196 g/mol. The van der Waals surface area contributed by atoms with E-state index >= 15 is 0 Å². The maximum Gasteiger partial charge on any atom is 0.0136 e. The number of piperidine rings is 2. The Morgan fingerprint density at radius 3 is 2.88 bits per heavy atom. The number of unbranched alkanes of at least 4 members (excludes halogenated alkanes) is 1. The number of hydrogen-bond acceptors (Lipinski definition) is 2. The highest BCUT2D eigenvalue weighted by Crippen LogP contribution is 2.30. The first-order valence-electron chi connectivity index (χ1n) is 7.36. The first-order chi connectivity index (χ1) is 7.92. The summed E-state index contributed by atoms with van der Waals surface area (Å²) in [5, 5.41) is 3.66. The Hall–Kier alpha value is -0.0800. The molecule has 0 aromatic carbocycles. The van der Waals surface area contributed by atoms with Crippen LogP contribution < -0.4 is 5.32 Å². The number of nitrogens with zero attached hydrogens (tertiary/aromatic N) is 1. The molecule has 2 saturated heterocycles. The van der Waals surface area contributed by atoms with Crippen LogP contribution in [0.15, 0.2) is 0 Å². The van der Waals surface area contributed by atoms with Crippen molar-refractivity contribution in [2.24, 2.45) is 5.92 Å². The molecule has 2 heterocycles. The summed E-state index contributed by atoms with van der Waals surface area (Å²) in [6.07, 6.45) is 9.89. The van der Waals surface area contributed by atoms with E-state index in [0.717, 1.165) is 12.0 Å². The third kappa shape index (κ3) is 3.21. The van der Waals surface area contributed by atoms with E-state index in [1.807, 2.05) is 0 Å². The first kappa shape index (κ1) is 12.4. The molecule has 16 heavy (non-hydrogen) atoms. The van der Waals surface area contributed by atoms with E-state index < -0.39 is 0 Å². The lowest BCUT2D eigenvalue weighted by Gasteiger charge is -2.44. The lowest BCUT2D eigenvalue weighted by molar-refractivity contribution is 0.0595. The highest BCUT2D eigenvalue weighted by molar-refractivity contribution is 4.87. The lowest BCUT2D eigenvalue weighted by Crippen LogP contribution is -2.50. The summed E-state index contributed by atoms with van der Waals surface area (Å²) in [5.41, 5.74) is 0. The Kier molecular flexibility index (Phi) is 5.11. The fourth-order valence-corrected chi connectivity index (χ4v) is 3.40. The second-order valence-corrected chi connectivity index (χ2v) is 5.56. The molecule has 0 aromatic rings. The fourth-order valence-electron chi connectivity index (χ4n) is 3.40. The highest BCUT2D eigenvalue weighted by Gasteiger charge is 2.32. The van der Waals surface area contributed by atoms with Crippen molar-refractivity contribution < 1.29 is 0 Å². The van der Waals surface area contributed by atoms with Crippen molar-refractivity contribution in [1.82, 2.24) is 10.2 Å². The molecule has 1 N–H and O–H groups in total. The monoisotopic (exact) mass is 224 g/mol. The molecule has 2 fully saturated rings. The summed E-state index contributed by atoms with van der Waals surface area (Å²) >= 11 is 0. The van der Waals surface area contributed by atoms with Gasteiger partial charge in [-0.3, -0.25) is 0 Å². The average molecular weight is 224 g/mol. The van der Waals surface area contributed by atoms with E-state index in [4.69, 9.17) is 0 Å². The summed E-state index contributed by atoms with van der Waals surface area (Å²) in [7, 11) is 0. The number of fused-ring (bicyclic) bond motifs is 1. The summed E-state index contributed by atoms with van der Waals surface area (Å²) in [6.45, 7) is 7.50. The summed E-state index contributed by atoms with van der Waals surface area (Å²) in [4.78, 5) is 2.76. The number of rotatable bonds is 5. The highest BCUT2D eigenvalue weighted by atomic mass is 15.2. The van der Waals surface area contributed by atoms with E-state index in [9.17, 15) is 0 Å². The van der Waals surface area contributed by atoms with Gasteiger partial charge in [-0.05, 0) is 64.2 Å². The molecule has 0 aliphatic carbocycles. The number of nitrogens with one attached hydrogen (secondary N) is 1. The van der Waals surface area contributed by atoms with E-state index in [1.54, 1.807) is 0 Å². The van der Waals surface area contributed by atoms with Gasteiger partial charge in [-0.15, -0.1) is 0 Å². The van der Waals surface area contributed by atoms with Crippen LogP contribution in [0.1, 0.15) is 51.9 Å². The van der Waals surface area contributed by atoms with E-state index in [-0.39, 0.29) is 0 Å². The van der Waals surface area contributed by atoms with Gasteiger partial charge in [0.1, 0.15) is 0 Å². The Balaban J connectivity index is 1.74. The van der Waals surface area contributed by atoms with Gasteiger partial charge in [0.2, 0.25) is 0 Å². The van der Waals surface area contributed by atoms with Crippen molar-refractivity contribution >= 4 is 0 Å². The standard InChI is InChI=1S/C14H28N2/c1-2-3-9-15-12-13-7-6-11-16-10-5-4-8-14(13)16/h13-15H,2-12H2,1H3. The second kappa shape index (κ2) is 6.61. The first-order valence-corrected chi connectivity index (χ1v) is 7.36. The van der Waals surface area contributed by atoms with Crippen LogP contribution in [0.4, 0.5) is 0 Å². The maximum atomic E-state index is 3.66. The minimum atomic E-state index is 0.914. The molecule has 2 atom stereocenters. The van der Waals surface area contributed by atoms with E-state index in [1.165, 1.54) is 71.1 Å². The largest absolute Gasteiger partial charge is 0.316 e. The Morgan fingerprint density at radius 1 is 1.12 bits per heavy atom. The van der Waals surface area contributed by atoms with Crippen molar-refractivity contribution in [1.29, 1.82) is 0 Å². The van der Waals surface area contributed by atoms with Gasteiger partial charge in [-0.1, -0.05) is 19.8 Å². The average Bonchev–Trinajstić information content (AvgIpc) is 2.35. The van der Waals surface area contributed by atoms with Crippen molar-refractivity contribution in [3.05, 3.63) is 0 Å². The van der Waals surface area contributed by atoms with Crippen molar-refractivity contribution in [3.63, 3.8) is 0 Å². The molecule has 2 nitrogen and oxygen atoms in total. The third-order valence-electron chi connectivity index (χ3n) is 4.34. The Labute approximate surface area is 101 Å². The normalized spacial score (nSPS) is 31.3. The van der Waals surface area contributed by atoms with E-state index in [2.05, 4.69) is 17.1 Å². The van der Waals surface area contributed by atoms with Crippen LogP contribution in [-0.4, -0.2) is 37.1 Å². The van der Waals surface area contributed by atoms with Gasteiger partial charge < -0.3 is 10.2 Å². The van der Waals surface area contributed by atoms with Crippen molar-refractivity contribution in [3.8, 4) is 0 Å². The van der Waals surface area contributed by atoms with Crippen LogP contribution in [0.3, 0.4) is 0 Å². The summed E-state index contributed by atoms with van der Waals surface area (Å²) in [6, 6.07) is 0.914. The number of hydrogen-bond donors (Lipinski definition) is 1. The smallest absolute Gasteiger partial charge is 0.0136 e. The predicted octanol–water partition coefficient (Wildman–Crippen LogP) is 2.64. The molecule has 2 aliphatic heterocycles. The molecule has 2 unspecified atom stereocenters. The molecule has 0 saturated carbocycles. The molecule has 2 heteroatoms. The van der Waals surface area contributed by atoms with E-state index in [0.29, 0.717) is 0 Å². The van der Waals surface area contributed by atoms with Gasteiger partial charge in [-0.2, -0.15) is 0 Å². The molecular formula is C14H28N2. The molecule has 94 valence electrons. The SMILES string of the molecule is CCCCNCC1CCCN2CCCCC12. The lowest BCUT2D eigenvalue weighted by atomic mass is 9.83. The van der Waals surface area contributed by atoms with Crippen molar-refractivity contribution in [2.75, 3.05) is 26.2 Å². The van der Waals surface area contributed by atoms with Crippen LogP contribution in [0.25, 0.3) is 0 Å². The summed E-state index contributed by atoms with van der Waals surface area (Å²) in [5.74, 6) is 0.936. The summed E-state index contributed by atoms with van der Waals surface area (Å²) < 4.78 is 0. The van der Waals surface area contributed by atoms with Gasteiger partial charge in [0.25, 0.3) is 0 Å². The van der Waals surface area contributed by atoms with Crippen LogP contribution in [-0.2, 0) is 0 Å². The minimum absolute atomic E-state index is 0.914. The van der Waals surface area contributed by atoms with Gasteiger partial charge in [0.05, 0.1) is 0 Å². The molecule has 0 radical (unpaired) electrons. The van der Waals surface area contributed by atoms with Gasteiger partial charge in [0, 0.05) is 6.04 Å². The quantitative estimate of drug-likeness (QED) is 0.722. The molecule has 0 spiro atoms. The second-order valence-electron chi connectivity index (χ2n) is 5.56. The fraction of sp³-hybridized carbons (Fsp3) is 1.00. The Bertz CT molecular complexity index is 191. The third-order valence-corrected chi connectivity index (χ3v) is 4.34. The Morgan fingerprint density at radius 2 is 2.00 bits per heavy atom. The molecule has 2 aliphatic rings. The van der Waals surface area contributed by atoms with Gasteiger partial charge in [0.15, 0.2) is 0 Å². The molecule has 2 rings (SSSR count). The molecule has 0 aromatic heterocycles. The molecule has 0 amide bonds. The van der Waals surface area contributed by atoms with Crippen LogP contribution in [0.5, 0.6) is 0 Å². The van der Waals surface area contributed by atoms with Crippen LogP contribution in [0, 0.1) is 5.92 Å². The van der Waals surface area contributed by atoms with Gasteiger partial charge in [-0.25, -0.2) is 0 Å². The van der Waals surface area contributed by atoms with Crippen molar-refractivity contribution in [2.45, 2.75) is 57.9 Å².